The van der Waals surface area contributed by atoms with Crippen LogP contribution in [-0.2, 0) is 14.4 Å². The zero-order chi connectivity index (χ0) is 13.1. The molecule has 7 heteroatoms. The molecule has 0 bridgehead atoms. The van der Waals surface area contributed by atoms with Crippen molar-refractivity contribution in [1.82, 2.24) is 0 Å². The average molecular weight is 263 g/mol. The zero-order valence-corrected chi connectivity index (χ0v) is 10.0. The second-order valence-corrected chi connectivity index (χ2v) is 5.03. The van der Waals surface area contributed by atoms with Gasteiger partial charge in [-0.3, -0.25) is 4.28 Å². The Morgan fingerprint density at radius 1 is 1.29 bits per heavy atom. The third-order valence-corrected chi connectivity index (χ3v) is 2.07. The summed E-state index contributed by atoms with van der Waals surface area (Å²) in [5.74, 6) is -3.30. The fraction of sp³-hybridized carbons (Fsp3) is 0.300. The molecular weight excluding hydrogens is 252 g/mol. The lowest BCUT2D eigenvalue weighted by molar-refractivity contribution is 0.0976. The van der Waals surface area contributed by atoms with Gasteiger partial charge in [0, 0.05) is 12.5 Å². The number of hydrogen-bond donors (Lipinski definition) is 0. The average Bonchev–Trinajstić information content (AvgIpc) is 2.15. The van der Waals surface area contributed by atoms with E-state index in [1.54, 1.807) is 6.07 Å². The molecule has 0 unspecified atom stereocenters. The van der Waals surface area contributed by atoms with Crippen LogP contribution in [0.2, 0.25) is 0 Å². The molecule has 0 aromatic heterocycles. The van der Waals surface area contributed by atoms with Crippen LogP contribution in [-0.4, -0.2) is 26.3 Å². The number of benzene rings is 1. The molecular formula is C10H11F2NO3S. The lowest BCUT2D eigenvalue weighted by atomic mass is 10.1. The predicted molar refractivity (Wildman–Crippen MR) is 59.5 cm³/mol. The van der Waals surface area contributed by atoms with E-state index in [0.29, 0.717) is 6.92 Å². The van der Waals surface area contributed by atoms with E-state index >= 15 is 0 Å². The van der Waals surface area contributed by atoms with Crippen molar-refractivity contribution in [2.45, 2.75) is 12.8 Å². The van der Waals surface area contributed by atoms with Gasteiger partial charge in [-0.1, -0.05) is 35.5 Å². The van der Waals surface area contributed by atoms with E-state index in [-0.39, 0.29) is 5.56 Å². The van der Waals surface area contributed by atoms with Crippen LogP contribution in [0.4, 0.5) is 8.78 Å². The highest BCUT2D eigenvalue weighted by molar-refractivity contribution is 7.85. The van der Waals surface area contributed by atoms with E-state index < -0.39 is 21.8 Å². The van der Waals surface area contributed by atoms with Gasteiger partial charge in [0.05, 0.1) is 6.26 Å². The molecule has 0 heterocycles. The first-order chi connectivity index (χ1) is 7.70. The summed E-state index contributed by atoms with van der Waals surface area (Å²) < 4.78 is 52.0. The maximum Gasteiger partial charge on any atom is 0.325 e. The van der Waals surface area contributed by atoms with E-state index in [1.165, 1.54) is 24.3 Å². The van der Waals surface area contributed by atoms with Crippen LogP contribution in [0.25, 0.3) is 0 Å². The van der Waals surface area contributed by atoms with Crippen molar-refractivity contribution in [2.24, 2.45) is 5.16 Å². The molecule has 0 aliphatic rings. The number of hydrogen-bond acceptors (Lipinski definition) is 4. The smallest absolute Gasteiger partial charge is 0.268 e. The van der Waals surface area contributed by atoms with Gasteiger partial charge in [0.2, 0.25) is 0 Å². The Hall–Kier alpha value is -1.50. The van der Waals surface area contributed by atoms with Crippen molar-refractivity contribution in [2.75, 3.05) is 6.26 Å². The number of rotatable bonds is 4. The first kappa shape index (κ1) is 13.6. The highest BCUT2D eigenvalue weighted by Crippen LogP contribution is 2.20. The van der Waals surface area contributed by atoms with Gasteiger partial charge in [-0.2, -0.15) is 17.2 Å². The lowest BCUT2D eigenvalue weighted by Crippen LogP contribution is -2.26. The van der Waals surface area contributed by atoms with Gasteiger partial charge in [0.25, 0.3) is 5.92 Å². The number of oxime groups is 1. The summed E-state index contributed by atoms with van der Waals surface area (Å²) in [6.45, 7) is 0.616. The molecule has 0 radical (unpaired) electrons. The summed E-state index contributed by atoms with van der Waals surface area (Å²) in [6, 6.07) is 7.50. The van der Waals surface area contributed by atoms with Gasteiger partial charge in [-0.25, -0.2) is 0 Å². The molecule has 94 valence electrons. The van der Waals surface area contributed by atoms with Crippen LogP contribution in [0, 0.1) is 0 Å². The third kappa shape index (κ3) is 4.48. The molecule has 0 aliphatic carbocycles. The highest BCUT2D eigenvalue weighted by Gasteiger charge is 2.32. The highest BCUT2D eigenvalue weighted by atomic mass is 32.2. The number of nitrogens with zero attached hydrogens (tertiary/aromatic N) is 1. The van der Waals surface area contributed by atoms with E-state index in [1.807, 2.05) is 0 Å². The fourth-order valence-electron chi connectivity index (χ4n) is 1.09. The Balaban J connectivity index is 3.15. The summed E-state index contributed by atoms with van der Waals surface area (Å²) in [5.41, 5.74) is -0.632. The molecule has 0 saturated carbocycles. The van der Waals surface area contributed by atoms with Crippen molar-refractivity contribution in [3.63, 3.8) is 0 Å². The van der Waals surface area contributed by atoms with Crippen LogP contribution < -0.4 is 0 Å². The molecule has 0 atom stereocenters. The number of halogens is 2. The van der Waals surface area contributed by atoms with Crippen molar-refractivity contribution in [3.8, 4) is 0 Å². The zero-order valence-electron chi connectivity index (χ0n) is 9.22. The van der Waals surface area contributed by atoms with Crippen LogP contribution >= 0.6 is 0 Å². The maximum absolute atomic E-state index is 13.2. The SMILES string of the molecule is CC(F)(F)C(=NOS(C)(=O)=O)c1ccccc1. The Morgan fingerprint density at radius 3 is 2.24 bits per heavy atom. The molecule has 17 heavy (non-hydrogen) atoms. The fourth-order valence-corrected chi connectivity index (χ4v) is 1.30. The topological polar surface area (TPSA) is 55.7 Å². The molecule has 4 nitrogen and oxygen atoms in total. The van der Waals surface area contributed by atoms with Crippen LogP contribution in [0.3, 0.4) is 0 Å². The monoisotopic (exact) mass is 263 g/mol. The first-order valence-electron chi connectivity index (χ1n) is 4.60. The Morgan fingerprint density at radius 2 is 1.82 bits per heavy atom. The quantitative estimate of drug-likeness (QED) is 0.617. The predicted octanol–water partition coefficient (Wildman–Crippen LogP) is 2.02. The van der Waals surface area contributed by atoms with Crippen molar-refractivity contribution >= 4 is 15.8 Å². The van der Waals surface area contributed by atoms with Gasteiger partial charge < -0.3 is 0 Å². The van der Waals surface area contributed by atoms with Gasteiger partial charge in [-0.15, -0.1) is 0 Å². The Bertz CT molecular complexity index is 506. The second-order valence-electron chi connectivity index (χ2n) is 3.47. The summed E-state index contributed by atoms with van der Waals surface area (Å²) in [4.78, 5) is 0. The van der Waals surface area contributed by atoms with Crippen LogP contribution in [0.1, 0.15) is 12.5 Å². The summed E-state index contributed by atoms with van der Waals surface area (Å²) in [5, 5.41) is 3.02. The Labute approximate surface area is 98.0 Å². The van der Waals surface area contributed by atoms with Gasteiger partial charge in [-0.05, 0) is 0 Å². The molecule has 0 saturated heterocycles. The molecule has 1 aromatic rings. The minimum absolute atomic E-state index is 0.101. The van der Waals surface area contributed by atoms with E-state index in [9.17, 15) is 17.2 Å². The molecule has 1 rings (SSSR count). The molecule has 0 N–H and O–H groups in total. The van der Waals surface area contributed by atoms with Gasteiger partial charge in [0.15, 0.2) is 5.71 Å². The van der Waals surface area contributed by atoms with Gasteiger partial charge >= 0.3 is 10.1 Å². The molecule has 1 aromatic carbocycles. The van der Waals surface area contributed by atoms with Crippen LogP contribution in [0.5, 0.6) is 0 Å². The van der Waals surface area contributed by atoms with Crippen LogP contribution in [0.15, 0.2) is 35.5 Å². The normalized spacial score (nSPS) is 13.5. The maximum atomic E-state index is 13.2. The summed E-state index contributed by atoms with van der Waals surface area (Å²) in [7, 11) is -3.91. The van der Waals surface area contributed by atoms with E-state index in [2.05, 4.69) is 9.44 Å². The second kappa shape index (κ2) is 4.79. The minimum atomic E-state index is -3.91. The summed E-state index contributed by atoms with van der Waals surface area (Å²) in [6.07, 6.45) is 0.729. The Kier molecular flexibility index (Phi) is 3.82. The van der Waals surface area contributed by atoms with Gasteiger partial charge in [0.1, 0.15) is 0 Å². The van der Waals surface area contributed by atoms with E-state index in [4.69, 9.17) is 0 Å². The minimum Gasteiger partial charge on any atom is -0.268 e. The van der Waals surface area contributed by atoms with Crippen molar-refractivity contribution in [1.29, 1.82) is 0 Å². The lowest BCUT2D eigenvalue weighted by Gasteiger charge is -2.12. The van der Waals surface area contributed by atoms with Crippen molar-refractivity contribution in [3.05, 3.63) is 35.9 Å². The number of alkyl halides is 2. The first-order valence-corrected chi connectivity index (χ1v) is 6.42. The molecule has 0 spiro atoms. The van der Waals surface area contributed by atoms with E-state index in [0.717, 1.165) is 6.26 Å². The molecule has 0 fully saturated rings. The summed E-state index contributed by atoms with van der Waals surface area (Å²) >= 11 is 0. The molecule has 0 amide bonds. The standard InChI is InChI=1S/C10H11F2NO3S/c1-10(11,12)9(13-16-17(2,14)15)8-6-4-3-5-7-8/h3-7H,1-2H3. The molecule has 0 aliphatic heterocycles. The van der Waals surface area contributed by atoms with Crippen molar-refractivity contribution < 1.29 is 21.5 Å². The third-order valence-electron chi connectivity index (χ3n) is 1.73. The largest absolute Gasteiger partial charge is 0.325 e.